The summed E-state index contributed by atoms with van der Waals surface area (Å²) in [5.74, 6) is 2.55. The van der Waals surface area contributed by atoms with Crippen molar-refractivity contribution in [1.82, 2.24) is 15.1 Å². The Labute approximate surface area is 131 Å². The van der Waals surface area contributed by atoms with Crippen LogP contribution in [0.25, 0.3) is 11.7 Å². The summed E-state index contributed by atoms with van der Waals surface area (Å²) < 4.78 is 11.0. The lowest BCUT2D eigenvalue weighted by atomic mass is 9.77. The highest BCUT2D eigenvalue weighted by molar-refractivity contribution is 5.42. The van der Waals surface area contributed by atoms with Crippen molar-refractivity contribution in [2.75, 3.05) is 13.1 Å². The maximum atomic E-state index is 5.71. The number of hydrogen-bond acceptors (Lipinski definition) is 5. The zero-order chi connectivity index (χ0) is 15.6. The van der Waals surface area contributed by atoms with Crippen molar-refractivity contribution >= 4 is 0 Å². The van der Waals surface area contributed by atoms with Gasteiger partial charge in [-0.15, -0.1) is 10.2 Å². The fourth-order valence-electron chi connectivity index (χ4n) is 3.19. The molecule has 1 aliphatic rings. The van der Waals surface area contributed by atoms with Gasteiger partial charge >= 0.3 is 0 Å². The Hall–Kier alpha value is -1.62. The Morgan fingerprint density at radius 3 is 2.82 bits per heavy atom. The molecule has 1 fully saturated rings. The van der Waals surface area contributed by atoms with Crippen LogP contribution in [0.2, 0.25) is 0 Å². The van der Waals surface area contributed by atoms with Gasteiger partial charge in [0, 0.05) is 0 Å². The third-order valence-electron chi connectivity index (χ3n) is 4.60. The van der Waals surface area contributed by atoms with Crippen molar-refractivity contribution in [3.8, 4) is 11.7 Å². The standard InChI is InChI=1S/C17H25N3O2/c1-17(2,3)13-6-4-9-20(10-8-13)12-15-18-19-16(22-15)14-7-5-11-21-14/h5,7,11,13H,4,6,8-10,12H2,1-3H3. The van der Waals surface area contributed by atoms with E-state index in [9.17, 15) is 0 Å². The molecule has 1 saturated heterocycles. The Morgan fingerprint density at radius 1 is 1.23 bits per heavy atom. The van der Waals surface area contributed by atoms with Gasteiger partial charge in [0.15, 0.2) is 5.76 Å². The van der Waals surface area contributed by atoms with E-state index in [1.165, 1.54) is 19.3 Å². The minimum Gasteiger partial charge on any atom is -0.459 e. The van der Waals surface area contributed by atoms with Crippen molar-refractivity contribution in [3.63, 3.8) is 0 Å². The molecule has 22 heavy (non-hydrogen) atoms. The first-order chi connectivity index (χ1) is 10.5. The zero-order valence-corrected chi connectivity index (χ0v) is 13.7. The molecule has 0 aromatic carbocycles. The normalized spacial score (nSPS) is 21.0. The summed E-state index contributed by atoms with van der Waals surface area (Å²) in [5.41, 5.74) is 0.396. The first kappa shape index (κ1) is 15.3. The number of hydrogen-bond donors (Lipinski definition) is 0. The summed E-state index contributed by atoms with van der Waals surface area (Å²) in [6, 6.07) is 3.65. The molecular weight excluding hydrogens is 278 g/mol. The number of furan rings is 1. The molecule has 0 N–H and O–H groups in total. The van der Waals surface area contributed by atoms with Crippen molar-refractivity contribution in [2.24, 2.45) is 11.3 Å². The minimum atomic E-state index is 0.396. The fourth-order valence-corrected chi connectivity index (χ4v) is 3.19. The number of likely N-dealkylation sites (tertiary alicyclic amines) is 1. The van der Waals surface area contributed by atoms with Gasteiger partial charge in [-0.25, -0.2) is 0 Å². The molecule has 5 heteroatoms. The van der Waals surface area contributed by atoms with Crippen LogP contribution in [0.4, 0.5) is 0 Å². The molecule has 120 valence electrons. The van der Waals surface area contributed by atoms with E-state index in [1.54, 1.807) is 6.26 Å². The van der Waals surface area contributed by atoms with Gasteiger partial charge < -0.3 is 8.83 Å². The molecule has 0 saturated carbocycles. The summed E-state index contributed by atoms with van der Waals surface area (Å²) in [6.45, 7) is 9.97. The van der Waals surface area contributed by atoms with E-state index < -0.39 is 0 Å². The van der Waals surface area contributed by atoms with Crippen LogP contribution in [0.15, 0.2) is 27.2 Å². The predicted molar refractivity (Wildman–Crippen MR) is 84.1 cm³/mol. The Bertz CT molecular complexity index is 583. The molecule has 0 bridgehead atoms. The SMILES string of the molecule is CC(C)(C)C1CCCN(Cc2nnc(-c3ccco3)o2)CC1. The van der Waals surface area contributed by atoms with Crippen LogP contribution in [0.3, 0.4) is 0 Å². The number of rotatable bonds is 3. The van der Waals surface area contributed by atoms with Crippen molar-refractivity contribution in [3.05, 3.63) is 24.3 Å². The average molecular weight is 303 g/mol. The van der Waals surface area contributed by atoms with Gasteiger partial charge in [0.05, 0.1) is 12.8 Å². The van der Waals surface area contributed by atoms with Gasteiger partial charge in [-0.05, 0) is 55.8 Å². The molecule has 2 aromatic heterocycles. The van der Waals surface area contributed by atoms with E-state index in [4.69, 9.17) is 8.83 Å². The first-order valence-corrected chi connectivity index (χ1v) is 8.11. The molecule has 0 radical (unpaired) electrons. The maximum Gasteiger partial charge on any atom is 0.283 e. The molecule has 1 aliphatic heterocycles. The Kier molecular flexibility index (Phi) is 4.34. The zero-order valence-electron chi connectivity index (χ0n) is 13.7. The van der Waals surface area contributed by atoms with E-state index in [1.807, 2.05) is 12.1 Å². The molecule has 1 atom stereocenters. The highest BCUT2D eigenvalue weighted by Gasteiger charge is 2.27. The largest absolute Gasteiger partial charge is 0.459 e. The average Bonchev–Trinajstić information content (AvgIpc) is 3.06. The molecule has 5 nitrogen and oxygen atoms in total. The van der Waals surface area contributed by atoms with Gasteiger partial charge in [0.2, 0.25) is 5.89 Å². The van der Waals surface area contributed by atoms with Crippen molar-refractivity contribution in [2.45, 2.75) is 46.6 Å². The Balaban J connectivity index is 1.60. The van der Waals surface area contributed by atoms with E-state index in [0.717, 1.165) is 25.6 Å². The van der Waals surface area contributed by atoms with E-state index in [-0.39, 0.29) is 0 Å². The summed E-state index contributed by atoms with van der Waals surface area (Å²) in [7, 11) is 0. The van der Waals surface area contributed by atoms with Gasteiger partial charge in [-0.2, -0.15) is 0 Å². The molecule has 2 aromatic rings. The molecule has 0 amide bonds. The van der Waals surface area contributed by atoms with Crippen LogP contribution in [0.1, 0.15) is 45.9 Å². The lowest BCUT2D eigenvalue weighted by molar-refractivity contribution is 0.201. The van der Waals surface area contributed by atoms with Crippen LogP contribution in [0.5, 0.6) is 0 Å². The van der Waals surface area contributed by atoms with Crippen LogP contribution >= 0.6 is 0 Å². The second-order valence-electron chi connectivity index (χ2n) is 7.25. The summed E-state index contributed by atoms with van der Waals surface area (Å²) in [6.07, 6.45) is 5.39. The van der Waals surface area contributed by atoms with E-state index in [0.29, 0.717) is 23.0 Å². The van der Waals surface area contributed by atoms with Crippen LogP contribution in [0, 0.1) is 11.3 Å². The minimum absolute atomic E-state index is 0.396. The van der Waals surface area contributed by atoms with Crippen LogP contribution < -0.4 is 0 Å². The quantitative estimate of drug-likeness (QED) is 0.858. The highest BCUT2D eigenvalue weighted by Crippen LogP contribution is 2.34. The molecule has 3 heterocycles. The van der Waals surface area contributed by atoms with Gasteiger partial charge in [0.25, 0.3) is 5.89 Å². The first-order valence-electron chi connectivity index (χ1n) is 8.11. The lowest BCUT2D eigenvalue weighted by Gasteiger charge is -2.29. The highest BCUT2D eigenvalue weighted by atomic mass is 16.4. The summed E-state index contributed by atoms with van der Waals surface area (Å²) in [4.78, 5) is 2.42. The number of aromatic nitrogens is 2. The topological polar surface area (TPSA) is 55.3 Å². The molecule has 1 unspecified atom stereocenters. The summed E-state index contributed by atoms with van der Waals surface area (Å²) >= 11 is 0. The lowest BCUT2D eigenvalue weighted by Crippen LogP contribution is -2.26. The molecular formula is C17H25N3O2. The molecule has 0 aliphatic carbocycles. The molecule has 0 spiro atoms. The van der Waals surface area contributed by atoms with Crippen molar-refractivity contribution < 1.29 is 8.83 Å². The number of nitrogens with zero attached hydrogens (tertiary/aromatic N) is 3. The fraction of sp³-hybridized carbons (Fsp3) is 0.647. The van der Waals surface area contributed by atoms with Gasteiger partial charge in [0.1, 0.15) is 0 Å². The van der Waals surface area contributed by atoms with Crippen molar-refractivity contribution in [1.29, 1.82) is 0 Å². The predicted octanol–water partition coefficient (Wildman–Crippen LogP) is 3.98. The Morgan fingerprint density at radius 2 is 2.09 bits per heavy atom. The third kappa shape index (κ3) is 3.58. The second-order valence-corrected chi connectivity index (χ2v) is 7.25. The van der Waals surface area contributed by atoms with Crippen LogP contribution in [-0.2, 0) is 6.54 Å². The van der Waals surface area contributed by atoms with Gasteiger partial charge in [-0.3, -0.25) is 4.90 Å². The van der Waals surface area contributed by atoms with Crippen LogP contribution in [-0.4, -0.2) is 28.2 Å². The summed E-state index contributed by atoms with van der Waals surface area (Å²) in [5, 5.41) is 8.21. The maximum absolute atomic E-state index is 5.71. The smallest absolute Gasteiger partial charge is 0.283 e. The third-order valence-corrected chi connectivity index (χ3v) is 4.60. The van der Waals surface area contributed by atoms with E-state index >= 15 is 0 Å². The molecule has 3 rings (SSSR count). The second kappa shape index (κ2) is 6.24. The van der Waals surface area contributed by atoms with E-state index in [2.05, 4.69) is 35.9 Å². The van der Waals surface area contributed by atoms with Gasteiger partial charge in [-0.1, -0.05) is 20.8 Å². The monoisotopic (exact) mass is 303 g/mol.